The molecule has 1 aliphatic carbocycles. The Bertz CT molecular complexity index is 966. The molecule has 158 valence electrons. The quantitative estimate of drug-likeness (QED) is 0.528. The standard InChI is InChI=1S/C26H33N3O/c1-3-28(4-2)25(30)17-23-19-29(24-11-8-16-27-26(23)24)18-20-12-14-22(15-13-20)21-9-6-5-7-10-21/h5-11,16,19-20,22H,3-4,12-15,17-18H2,1-2H3. The second kappa shape index (κ2) is 9.46. The minimum absolute atomic E-state index is 0.188. The number of fused-ring (bicyclic) bond motifs is 1. The van der Waals surface area contributed by atoms with Crippen LogP contribution in [0.1, 0.15) is 56.6 Å². The minimum Gasteiger partial charge on any atom is -0.346 e. The smallest absolute Gasteiger partial charge is 0.227 e. The van der Waals surface area contributed by atoms with E-state index in [1.807, 2.05) is 31.0 Å². The molecule has 0 bridgehead atoms. The molecule has 0 atom stereocenters. The Hall–Kier alpha value is -2.62. The fraction of sp³-hybridized carbons (Fsp3) is 0.462. The minimum atomic E-state index is 0.188. The number of likely N-dealkylation sites (N-methyl/N-ethyl adjacent to an activating group) is 1. The summed E-state index contributed by atoms with van der Waals surface area (Å²) in [4.78, 5) is 19.2. The van der Waals surface area contributed by atoms with Crippen LogP contribution in [0.2, 0.25) is 0 Å². The van der Waals surface area contributed by atoms with Crippen molar-refractivity contribution in [1.82, 2.24) is 14.5 Å². The highest BCUT2D eigenvalue weighted by Crippen LogP contribution is 2.37. The number of nitrogens with zero attached hydrogens (tertiary/aromatic N) is 3. The van der Waals surface area contributed by atoms with E-state index >= 15 is 0 Å². The molecule has 0 radical (unpaired) electrons. The van der Waals surface area contributed by atoms with Gasteiger partial charge in [0.25, 0.3) is 0 Å². The summed E-state index contributed by atoms with van der Waals surface area (Å²) in [5, 5.41) is 0. The van der Waals surface area contributed by atoms with Crippen molar-refractivity contribution in [3.63, 3.8) is 0 Å². The number of benzene rings is 1. The Morgan fingerprint density at radius 2 is 1.77 bits per heavy atom. The molecular weight excluding hydrogens is 370 g/mol. The Kier molecular flexibility index (Phi) is 6.51. The van der Waals surface area contributed by atoms with Gasteiger partial charge < -0.3 is 9.47 Å². The van der Waals surface area contributed by atoms with E-state index in [0.29, 0.717) is 18.3 Å². The summed E-state index contributed by atoms with van der Waals surface area (Å²) >= 11 is 0. The summed E-state index contributed by atoms with van der Waals surface area (Å²) in [7, 11) is 0. The van der Waals surface area contributed by atoms with E-state index in [0.717, 1.165) is 36.2 Å². The average molecular weight is 404 g/mol. The lowest BCUT2D eigenvalue weighted by Gasteiger charge is -2.29. The molecule has 0 unspecified atom stereocenters. The van der Waals surface area contributed by atoms with E-state index in [1.165, 1.54) is 31.2 Å². The summed E-state index contributed by atoms with van der Waals surface area (Å²) < 4.78 is 2.35. The van der Waals surface area contributed by atoms with E-state index in [4.69, 9.17) is 0 Å². The van der Waals surface area contributed by atoms with Crippen LogP contribution >= 0.6 is 0 Å². The lowest BCUT2D eigenvalue weighted by molar-refractivity contribution is -0.130. The number of carbonyl (C=O) groups excluding carboxylic acids is 1. The first-order valence-electron chi connectivity index (χ1n) is 11.4. The fourth-order valence-corrected chi connectivity index (χ4v) is 5.01. The molecule has 0 aliphatic heterocycles. The maximum absolute atomic E-state index is 12.7. The third-order valence-electron chi connectivity index (χ3n) is 6.74. The van der Waals surface area contributed by atoms with Gasteiger partial charge in [0.05, 0.1) is 17.5 Å². The van der Waals surface area contributed by atoms with Gasteiger partial charge in [-0.05, 0) is 69.1 Å². The number of pyridine rings is 1. The molecule has 0 saturated heterocycles. The Labute approximate surface area is 179 Å². The molecule has 1 fully saturated rings. The normalized spacial score (nSPS) is 19.1. The van der Waals surface area contributed by atoms with Crippen LogP contribution in [0.4, 0.5) is 0 Å². The molecule has 4 nitrogen and oxygen atoms in total. The number of hydrogen-bond donors (Lipinski definition) is 0. The third kappa shape index (κ3) is 4.43. The zero-order chi connectivity index (χ0) is 20.9. The Morgan fingerprint density at radius 3 is 2.47 bits per heavy atom. The van der Waals surface area contributed by atoms with Crippen molar-refractivity contribution in [1.29, 1.82) is 0 Å². The topological polar surface area (TPSA) is 38.1 Å². The van der Waals surface area contributed by atoms with Crippen molar-refractivity contribution in [3.05, 3.63) is 66.0 Å². The van der Waals surface area contributed by atoms with Gasteiger partial charge in [-0.1, -0.05) is 30.3 Å². The van der Waals surface area contributed by atoms with Gasteiger partial charge >= 0.3 is 0 Å². The van der Waals surface area contributed by atoms with Crippen LogP contribution in [0.5, 0.6) is 0 Å². The maximum Gasteiger partial charge on any atom is 0.227 e. The molecular formula is C26H33N3O. The summed E-state index contributed by atoms with van der Waals surface area (Å²) in [5.41, 5.74) is 4.69. The van der Waals surface area contributed by atoms with Gasteiger partial charge in [0, 0.05) is 37.6 Å². The van der Waals surface area contributed by atoms with Crippen molar-refractivity contribution < 1.29 is 4.79 Å². The van der Waals surface area contributed by atoms with Gasteiger partial charge in [-0.3, -0.25) is 9.78 Å². The number of hydrogen-bond acceptors (Lipinski definition) is 2. The highest BCUT2D eigenvalue weighted by molar-refractivity contribution is 5.86. The lowest BCUT2D eigenvalue weighted by atomic mass is 9.78. The molecule has 1 aromatic carbocycles. The molecule has 2 aromatic heterocycles. The number of amides is 1. The molecule has 4 heteroatoms. The summed E-state index contributed by atoms with van der Waals surface area (Å²) in [6, 6.07) is 15.1. The Morgan fingerprint density at radius 1 is 1.03 bits per heavy atom. The lowest BCUT2D eigenvalue weighted by Crippen LogP contribution is -2.31. The van der Waals surface area contributed by atoms with Crippen LogP contribution in [-0.2, 0) is 17.8 Å². The summed E-state index contributed by atoms with van der Waals surface area (Å²) in [6.45, 7) is 6.60. The van der Waals surface area contributed by atoms with Gasteiger partial charge in [-0.2, -0.15) is 0 Å². The van der Waals surface area contributed by atoms with E-state index < -0.39 is 0 Å². The first-order chi connectivity index (χ1) is 14.7. The van der Waals surface area contributed by atoms with Gasteiger partial charge in [-0.25, -0.2) is 0 Å². The first-order valence-corrected chi connectivity index (χ1v) is 11.4. The van der Waals surface area contributed by atoms with Crippen LogP contribution in [0.15, 0.2) is 54.9 Å². The highest BCUT2D eigenvalue weighted by atomic mass is 16.2. The SMILES string of the molecule is CCN(CC)C(=O)Cc1cn(CC2CCC(c3ccccc3)CC2)c2cccnc12. The van der Waals surface area contributed by atoms with Gasteiger partial charge in [0.1, 0.15) is 0 Å². The number of carbonyl (C=O) groups is 1. The molecule has 1 saturated carbocycles. The van der Waals surface area contributed by atoms with Crippen LogP contribution < -0.4 is 0 Å². The van der Waals surface area contributed by atoms with E-state index in [1.54, 1.807) is 0 Å². The maximum atomic E-state index is 12.7. The van der Waals surface area contributed by atoms with Gasteiger partial charge in [-0.15, -0.1) is 0 Å². The van der Waals surface area contributed by atoms with E-state index in [2.05, 4.69) is 52.1 Å². The van der Waals surface area contributed by atoms with E-state index in [-0.39, 0.29) is 5.91 Å². The molecule has 0 N–H and O–H groups in total. The van der Waals surface area contributed by atoms with Crippen molar-refractivity contribution in [2.75, 3.05) is 13.1 Å². The van der Waals surface area contributed by atoms with Gasteiger partial charge in [0.15, 0.2) is 0 Å². The van der Waals surface area contributed by atoms with Gasteiger partial charge in [0.2, 0.25) is 5.91 Å². The van der Waals surface area contributed by atoms with Crippen molar-refractivity contribution in [3.8, 4) is 0 Å². The second-order valence-corrected chi connectivity index (χ2v) is 8.55. The molecule has 1 aliphatic rings. The van der Waals surface area contributed by atoms with Crippen LogP contribution in [0, 0.1) is 5.92 Å². The highest BCUT2D eigenvalue weighted by Gasteiger charge is 2.24. The van der Waals surface area contributed by atoms with Crippen molar-refractivity contribution in [2.45, 2.75) is 58.4 Å². The zero-order valence-electron chi connectivity index (χ0n) is 18.3. The monoisotopic (exact) mass is 403 g/mol. The summed E-state index contributed by atoms with van der Waals surface area (Å²) in [5.74, 6) is 1.58. The number of rotatable bonds is 7. The van der Waals surface area contributed by atoms with E-state index in [9.17, 15) is 4.79 Å². The third-order valence-corrected chi connectivity index (χ3v) is 6.74. The predicted octanol–water partition coefficient (Wildman–Crippen LogP) is 5.42. The molecule has 30 heavy (non-hydrogen) atoms. The predicted molar refractivity (Wildman–Crippen MR) is 123 cm³/mol. The average Bonchev–Trinajstić information content (AvgIpc) is 3.13. The van der Waals surface area contributed by atoms with Crippen LogP contribution in [0.3, 0.4) is 0 Å². The fourth-order valence-electron chi connectivity index (χ4n) is 5.01. The molecule has 3 aromatic rings. The first kappa shape index (κ1) is 20.6. The van der Waals surface area contributed by atoms with Crippen molar-refractivity contribution >= 4 is 16.9 Å². The molecule has 4 rings (SSSR count). The zero-order valence-corrected chi connectivity index (χ0v) is 18.3. The van der Waals surface area contributed by atoms with Crippen LogP contribution in [0.25, 0.3) is 11.0 Å². The largest absolute Gasteiger partial charge is 0.346 e. The molecule has 0 spiro atoms. The number of aromatic nitrogens is 2. The Balaban J connectivity index is 1.46. The summed E-state index contributed by atoms with van der Waals surface area (Å²) in [6.07, 6.45) is 9.49. The van der Waals surface area contributed by atoms with Crippen LogP contribution in [-0.4, -0.2) is 33.4 Å². The molecule has 2 heterocycles. The molecule has 1 amide bonds. The van der Waals surface area contributed by atoms with Crippen molar-refractivity contribution in [2.24, 2.45) is 5.92 Å². The second-order valence-electron chi connectivity index (χ2n) is 8.55.